The molecule has 0 radical (unpaired) electrons. The minimum atomic E-state index is -3.89. The number of aliphatic hydroxyl groups excluding tert-OH is 1. The summed E-state index contributed by atoms with van der Waals surface area (Å²) in [6, 6.07) is 8.48. The van der Waals surface area contributed by atoms with Gasteiger partial charge in [-0.1, -0.05) is 0 Å². The standard InChI is InChI=1S/C24H27FN2O8S2/c1-14-18-10-19-21(35-23(22(19)24(29)26-2)15-4-6-16(25)7-5-15)11-20(18)27(36(3,30)31)12-17(34-14)13-37(32,33)9-8-28/h4-7,10-11,14,17,28H,8-9,12-13H2,1-3H3,(H,26,29)/t14-,17-/m0/s1. The first-order valence-electron chi connectivity index (χ1n) is 11.4. The summed E-state index contributed by atoms with van der Waals surface area (Å²) in [5.41, 5.74) is 1.48. The topological polar surface area (TPSA) is 143 Å². The van der Waals surface area contributed by atoms with Crippen molar-refractivity contribution < 1.29 is 40.3 Å². The van der Waals surface area contributed by atoms with E-state index in [4.69, 9.17) is 14.3 Å². The first-order valence-corrected chi connectivity index (χ1v) is 15.0. The third-order valence-corrected chi connectivity index (χ3v) is 8.94. The lowest BCUT2D eigenvalue weighted by atomic mass is 10.0. The number of sulfone groups is 1. The zero-order valence-electron chi connectivity index (χ0n) is 20.4. The van der Waals surface area contributed by atoms with Crippen LogP contribution in [0.2, 0.25) is 0 Å². The number of anilines is 1. The molecule has 1 aliphatic heterocycles. The molecule has 0 fully saturated rings. The number of nitrogens with one attached hydrogen (secondary N) is 1. The second-order valence-corrected chi connectivity index (χ2v) is 13.0. The molecule has 0 unspecified atom stereocenters. The third kappa shape index (κ3) is 5.49. The van der Waals surface area contributed by atoms with Crippen molar-refractivity contribution in [2.75, 3.05) is 42.3 Å². The highest BCUT2D eigenvalue weighted by atomic mass is 32.2. The Hall–Kier alpha value is -3.00. The highest BCUT2D eigenvalue weighted by molar-refractivity contribution is 7.92. The maximum absolute atomic E-state index is 13.5. The number of rotatable bonds is 7. The molecular formula is C24H27FN2O8S2. The van der Waals surface area contributed by atoms with Crippen LogP contribution in [-0.2, 0) is 24.6 Å². The van der Waals surface area contributed by atoms with Crippen molar-refractivity contribution in [3.05, 3.63) is 53.3 Å². The Kier molecular flexibility index (Phi) is 7.34. The van der Waals surface area contributed by atoms with Gasteiger partial charge in [-0.3, -0.25) is 9.10 Å². The number of amides is 1. The Labute approximate surface area is 214 Å². The maximum atomic E-state index is 13.5. The van der Waals surface area contributed by atoms with Crippen LogP contribution >= 0.6 is 0 Å². The Bertz CT molecular complexity index is 1550. The van der Waals surface area contributed by atoms with E-state index in [1.165, 1.54) is 37.4 Å². The van der Waals surface area contributed by atoms with Crippen LogP contribution in [0.4, 0.5) is 10.1 Å². The van der Waals surface area contributed by atoms with E-state index in [0.29, 0.717) is 16.5 Å². The van der Waals surface area contributed by atoms with Crippen molar-refractivity contribution in [3.8, 4) is 11.3 Å². The molecule has 0 spiro atoms. The molecule has 2 atom stereocenters. The third-order valence-electron chi connectivity index (χ3n) is 6.11. The van der Waals surface area contributed by atoms with Gasteiger partial charge in [0.25, 0.3) is 5.91 Å². The molecule has 1 aromatic heterocycles. The number of sulfonamides is 1. The molecule has 10 nitrogen and oxygen atoms in total. The van der Waals surface area contributed by atoms with Crippen molar-refractivity contribution >= 4 is 42.4 Å². The molecule has 3 aromatic rings. The lowest BCUT2D eigenvalue weighted by molar-refractivity contribution is 0.0192. The molecular weight excluding hydrogens is 527 g/mol. The molecule has 200 valence electrons. The van der Waals surface area contributed by atoms with E-state index >= 15 is 0 Å². The average Bonchev–Trinajstić information content (AvgIpc) is 3.12. The predicted molar refractivity (Wildman–Crippen MR) is 136 cm³/mol. The number of halogens is 1. The SMILES string of the molecule is CNC(=O)c1c(-c2ccc(F)cc2)oc2cc3c(cc12)[C@H](C)O[C@H](CS(=O)(=O)CCO)CN3S(C)(=O)=O. The van der Waals surface area contributed by atoms with E-state index in [9.17, 15) is 26.0 Å². The largest absolute Gasteiger partial charge is 0.455 e. The summed E-state index contributed by atoms with van der Waals surface area (Å²) < 4.78 is 76.9. The normalized spacial score (nSPS) is 18.5. The summed E-state index contributed by atoms with van der Waals surface area (Å²) in [4.78, 5) is 12.9. The Morgan fingerprint density at radius 1 is 1.19 bits per heavy atom. The summed E-state index contributed by atoms with van der Waals surface area (Å²) in [6.07, 6.45) is -0.756. The van der Waals surface area contributed by atoms with E-state index in [1.54, 1.807) is 13.0 Å². The van der Waals surface area contributed by atoms with Crippen molar-refractivity contribution in [2.45, 2.75) is 19.1 Å². The van der Waals surface area contributed by atoms with Crippen LogP contribution in [0.1, 0.15) is 28.9 Å². The van der Waals surface area contributed by atoms with Gasteiger partial charge < -0.3 is 19.6 Å². The van der Waals surface area contributed by atoms with Gasteiger partial charge >= 0.3 is 0 Å². The number of fused-ring (bicyclic) bond motifs is 2. The van der Waals surface area contributed by atoms with Crippen molar-refractivity contribution in [1.82, 2.24) is 5.32 Å². The smallest absolute Gasteiger partial charge is 0.255 e. The summed E-state index contributed by atoms with van der Waals surface area (Å²) in [6.45, 7) is 0.818. The Balaban J connectivity index is 1.91. The number of aliphatic hydroxyl groups is 1. The lowest BCUT2D eigenvalue weighted by Crippen LogP contribution is -2.40. The fourth-order valence-corrected chi connectivity index (χ4v) is 6.59. The monoisotopic (exact) mass is 554 g/mol. The second-order valence-electron chi connectivity index (χ2n) is 8.83. The van der Waals surface area contributed by atoms with Gasteiger partial charge in [-0.15, -0.1) is 0 Å². The van der Waals surface area contributed by atoms with E-state index in [1.807, 2.05) is 0 Å². The summed E-state index contributed by atoms with van der Waals surface area (Å²) in [5, 5.41) is 12.0. The molecule has 1 amide bonds. The van der Waals surface area contributed by atoms with Gasteiger partial charge in [0.1, 0.15) is 17.2 Å². The van der Waals surface area contributed by atoms with Gasteiger partial charge in [0, 0.05) is 29.6 Å². The van der Waals surface area contributed by atoms with Crippen LogP contribution in [0, 0.1) is 5.82 Å². The quantitative estimate of drug-likeness (QED) is 0.453. The highest BCUT2D eigenvalue weighted by Gasteiger charge is 2.35. The number of benzene rings is 2. The second kappa shape index (κ2) is 10.0. The van der Waals surface area contributed by atoms with Crippen LogP contribution in [0.5, 0.6) is 0 Å². The van der Waals surface area contributed by atoms with Gasteiger partial charge in [-0.25, -0.2) is 21.2 Å². The molecule has 0 saturated carbocycles. The molecule has 0 aliphatic carbocycles. The molecule has 0 saturated heterocycles. The van der Waals surface area contributed by atoms with Crippen LogP contribution in [0.25, 0.3) is 22.3 Å². The van der Waals surface area contributed by atoms with E-state index < -0.39 is 61.9 Å². The van der Waals surface area contributed by atoms with Crippen LogP contribution in [0.15, 0.2) is 40.8 Å². The molecule has 2 N–H and O–H groups in total. The number of ether oxygens (including phenoxy) is 1. The fourth-order valence-electron chi connectivity index (χ4n) is 4.45. The number of carbonyl (C=O) groups excluding carboxylic acids is 1. The first kappa shape index (κ1) is 27.0. The molecule has 4 rings (SSSR count). The zero-order chi connectivity index (χ0) is 27.1. The minimum absolute atomic E-state index is 0.177. The van der Waals surface area contributed by atoms with Gasteiger partial charge in [0.2, 0.25) is 10.0 Å². The van der Waals surface area contributed by atoms with Crippen LogP contribution < -0.4 is 9.62 Å². The molecule has 13 heteroatoms. The summed E-state index contributed by atoms with van der Waals surface area (Å²) in [7, 11) is -6.15. The number of hydrogen-bond donors (Lipinski definition) is 2. The minimum Gasteiger partial charge on any atom is -0.455 e. The number of carbonyl (C=O) groups is 1. The van der Waals surface area contributed by atoms with E-state index in [2.05, 4.69) is 5.32 Å². The van der Waals surface area contributed by atoms with Gasteiger partial charge in [-0.2, -0.15) is 0 Å². The number of furan rings is 1. The Morgan fingerprint density at radius 3 is 2.46 bits per heavy atom. The van der Waals surface area contributed by atoms with Gasteiger partial charge in [0.05, 0.1) is 54.4 Å². The van der Waals surface area contributed by atoms with Gasteiger partial charge in [0.15, 0.2) is 9.84 Å². The lowest BCUT2D eigenvalue weighted by Gasteiger charge is -2.24. The number of hydrogen-bond acceptors (Lipinski definition) is 8. The maximum Gasteiger partial charge on any atom is 0.255 e. The number of nitrogens with zero attached hydrogens (tertiary/aromatic N) is 1. The van der Waals surface area contributed by atoms with Crippen molar-refractivity contribution in [2.24, 2.45) is 0 Å². The fraction of sp³-hybridized carbons (Fsp3) is 0.375. The molecule has 2 heterocycles. The molecule has 2 aromatic carbocycles. The zero-order valence-corrected chi connectivity index (χ0v) is 22.0. The predicted octanol–water partition coefficient (Wildman–Crippen LogP) is 2.23. The summed E-state index contributed by atoms with van der Waals surface area (Å²) >= 11 is 0. The molecule has 0 bridgehead atoms. The summed E-state index contributed by atoms with van der Waals surface area (Å²) in [5.74, 6) is -1.69. The molecule has 37 heavy (non-hydrogen) atoms. The van der Waals surface area contributed by atoms with Crippen molar-refractivity contribution in [1.29, 1.82) is 0 Å². The van der Waals surface area contributed by atoms with Gasteiger partial charge in [-0.05, 0) is 37.3 Å². The Morgan fingerprint density at radius 2 is 1.86 bits per heavy atom. The average molecular weight is 555 g/mol. The first-order chi connectivity index (χ1) is 17.3. The van der Waals surface area contributed by atoms with Crippen molar-refractivity contribution in [3.63, 3.8) is 0 Å². The van der Waals surface area contributed by atoms with Crippen LogP contribution in [-0.4, -0.2) is 71.9 Å². The van der Waals surface area contributed by atoms with E-state index in [-0.39, 0.29) is 29.1 Å². The molecule has 1 aliphatic rings. The highest BCUT2D eigenvalue weighted by Crippen LogP contribution is 2.42. The van der Waals surface area contributed by atoms with Crippen LogP contribution in [0.3, 0.4) is 0 Å². The van der Waals surface area contributed by atoms with E-state index in [0.717, 1.165) is 10.6 Å².